The first kappa shape index (κ1) is 19.7. The number of nitrogens with one attached hydrogen (secondary N) is 1. The number of amides is 1. The van der Waals surface area contributed by atoms with E-state index in [2.05, 4.69) is 18.5 Å². The van der Waals surface area contributed by atoms with Crippen LogP contribution in [0.25, 0.3) is 0 Å². The van der Waals surface area contributed by atoms with Crippen molar-refractivity contribution >= 4 is 5.91 Å². The molecule has 0 fully saturated rings. The van der Waals surface area contributed by atoms with Crippen LogP contribution in [0.4, 0.5) is 0 Å². The van der Waals surface area contributed by atoms with E-state index in [9.17, 15) is 9.90 Å². The second-order valence-electron chi connectivity index (χ2n) is 4.66. The lowest BCUT2D eigenvalue weighted by molar-refractivity contribution is -0.141. The molecular weight excluding hydrogens is 278 g/mol. The Balaban J connectivity index is 4.86. The quantitative estimate of drug-likeness (QED) is 0.508. The van der Waals surface area contributed by atoms with Crippen LogP contribution in [0.15, 0.2) is 73.2 Å². The summed E-state index contributed by atoms with van der Waals surface area (Å²) >= 11 is 0. The Hall–Kier alpha value is -2.33. The van der Waals surface area contributed by atoms with Gasteiger partial charge in [0.1, 0.15) is 12.4 Å². The Morgan fingerprint density at radius 2 is 1.95 bits per heavy atom. The minimum Gasteiger partial charge on any atom is -0.490 e. The maximum atomic E-state index is 12.2. The summed E-state index contributed by atoms with van der Waals surface area (Å²) in [7, 11) is 0. The number of ether oxygens (including phenoxy) is 1. The van der Waals surface area contributed by atoms with Gasteiger partial charge in [0.05, 0.1) is 0 Å². The van der Waals surface area contributed by atoms with Crippen molar-refractivity contribution in [1.82, 2.24) is 5.32 Å². The third-order valence-electron chi connectivity index (χ3n) is 2.59. The molecule has 1 atom stereocenters. The van der Waals surface area contributed by atoms with E-state index in [4.69, 9.17) is 4.74 Å². The molecule has 0 unspecified atom stereocenters. The molecule has 0 aromatic carbocycles. The fourth-order valence-electron chi connectivity index (χ4n) is 1.38. The molecule has 0 heterocycles. The Kier molecular flexibility index (Phi) is 9.30. The van der Waals surface area contributed by atoms with Crippen molar-refractivity contribution in [2.24, 2.45) is 0 Å². The van der Waals surface area contributed by atoms with Crippen molar-refractivity contribution in [2.45, 2.75) is 26.4 Å². The van der Waals surface area contributed by atoms with Crippen molar-refractivity contribution in [3.05, 3.63) is 73.2 Å². The van der Waals surface area contributed by atoms with E-state index in [0.717, 1.165) is 0 Å². The number of allylic oxidation sites excluding steroid dienone is 8. The molecule has 2 N–H and O–H groups in total. The SMILES string of the molecule is C=C/C=C\C(=C/C=C)NC(=O)[C@@](C)(O)COC(/C=C\C)=C/C. The standard InChI is InChI=1S/C18H25NO3/c1-6-10-13-15(11-7-2)19-17(20)18(5,21)14-22-16(9-4)12-8-3/h6-13,21H,1-2,14H2,3-5H3,(H,19,20)/b12-8-,13-10-,15-11+,16-9+/t18-/m0/s1. The van der Waals surface area contributed by atoms with Gasteiger partial charge in [-0.05, 0) is 45.1 Å². The highest BCUT2D eigenvalue weighted by atomic mass is 16.5. The van der Waals surface area contributed by atoms with Crippen LogP contribution >= 0.6 is 0 Å². The van der Waals surface area contributed by atoms with E-state index < -0.39 is 11.5 Å². The Bertz CT molecular complexity index is 508. The number of carbonyl (C=O) groups excluding carboxylic acids is 1. The van der Waals surface area contributed by atoms with Crippen LogP contribution in [0.3, 0.4) is 0 Å². The van der Waals surface area contributed by atoms with Crippen molar-refractivity contribution in [1.29, 1.82) is 0 Å². The molecule has 0 spiro atoms. The smallest absolute Gasteiger partial charge is 0.259 e. The molecule has 0 aliphatic carbocycles. The van der Waals surface area contributed by atoms with Crippen molar-refractivity contribution in [2.75, 3.05) is 6.61 Å². The largest absolute Gasteiger partial charge is 0.490 e. The molecular formula is C18H25NO3. The molecule has 0 rings (SSSR count). The van der Waals surface area contributed by atoms with E-state index in [-0.39, 0.29) is 6.61 Å². The van der Waals surface area contributed by atoms with Crippen LogP contribution in [0.1, 0.15) is 20.8 Å². The van der Waals surface area contributed by atoms with Gasteiger partial charge >= 0.3 is 0 Å². The molecule has 0 bridgehead atoms. The first-order chi connectivity index (χ1) is 10.4. The molecule has 0 aromatic heterocycles. The fourth-order valence-corrected chi connectivity index (χ4v) is 1.38. The van der Waals surface area contributed by atoms with Crippen LogP contribution in [-0.2, 0) is 9.53 Å². The molecule has 4 heteroatoms. The lowest BCUT2D eigenvalue weighted by atomic mass is 10.1. The highest BCUT2D eigenvalue weighted by molar-refractivity contribution is 5.86. The summed E-state index contributed by atoms with van der Waals surface area (Å²) in [6.45, 7) is 12.1. The van der Waals surface area contributed by atoms with Crippen molar-refractivity contribution < 1.29 is 14.6 Å². The topological polar surface area (TPSA) is 58.6 Å². The number of hydrogen-bond donors (Lipinski definition) is 2. The summed E-state index contributed by atoms with van der Waals surface area (Å²) in [5.74, 6) is 0.0224. The summed E-state index contributed by atoms with van der Waals surface area (Å²) in [5.41, 5.74) is -1.17. The number of aliphatic hydroxyl groups is 1. The van der Waals surface area contributed by atoms with E-state index in [1.165, 1.54) is 13.0 Å². The molecule has 1 amide bonds. The lowest BCUT2D eigenvalue weighted by Gasteiger charge is -2.23. The van der Waals surface area contributed by atoms with Gasteiger partial charge in [-0.3, -0.25) is 4.79 Å². The third-order valence-corrected chi connectivity index (χ3v) is 2.59. The minimum atomic E-state index is -1.67. The summed E-state index contributed by atoms with van der Waals surface area (Å²) in [4.78, 5) is 12.2. The average molecular weight is 303 g/mol. The van der Waals surface area contributed by atoms with Gasteiger partial charge in [-0.25, -0.2) is 0 Å². The predicted molar refractivity (Wildman–Crippen MR) is 90.9 cm³/mol. The molecule has 0 saturated heterocycles. The summed E-state index contributed by atoms with van der Waals surface area (Å²) in [5, 5.41) is 12.9. The highest BCUT2D eigenvalue weighted by Gasteiger charge is 2.31. The van der Waals surface area contributed by atoms with Crippen LogP contribution in [0.5, 0.6) is 0 Å². The molecule has 0 radical (unpaired) electrons. The zero-order valence-corrected chi connectivity index (χ0v) is 13.5. The molecule has 0 aromatic rings. The van der Waals surface area contributed by atoms with Gasteiger partial charge < -0.3 is 15.2 Å². The fraction of sp³-hybridized carbons (Fsp3) is 0.278. The highest BCUT2D eigenvalue weighted by Crippen LogP contribution is 2.10. The minimum absolute atomic E-state index is 0.157. The second-order valence-corrected chi connectivity index (χ2v) is 4.66. The average Bonchev–Trinajstić information content (AvgIpc) is 2.49. The van der Waals surface area contributed by atoms with Gasteiger partial charge in [0.2, 0.25) is 0 Å². The zero-order valence-electron chi connectivity index (χ0n) is 13.5. The Morgan fingerprint density at radius 3 is 2.45 bits per heavy atom. The molecule has 120 valence electrons. The molecule has 22 heavy (non-hydrogen) atoms. The Labute approximate surface area is 132 Å². The summed E-state index contributed by atoms with van der Waals surface area (Å²) in [6, 6.07) is 0. The molecule has 0 saturated carbocycles. The van der Waals surface area contributed by atoms with Crippen molar-refractivity contribution in [3.63, 3.8) is 0 Å². The van der Waals surface area contributed by atoms with Crippen LogP contribution in [0.2, 0.25) is 0 Å². The number of rotatable bonds is 9. The molecule has 4 nitrogen and oxygen atoms in total. The maximum Gasteiger partial charge on any atom is 0.259 e. The monoisotopic (exact) mass is 303 g/mol. The number of hydrogen-bond acceptors (Lipinski definition) is 3. The molecule has 0 aliphatic rings. The van der Waals surface area contributed by atoms with Crippen LogP contribution < -0.4 is 5.32 Å². The van der Waals surface area contributed by atoms with E-state index in [0.29, 0.717) is 11.5 Å². The maximum absolute atomic E-state index is 12.2. The summed E-state index contributed by atoms with van der Waals surface area (Å²) in [6.07, 6.45) is 13.4. The Morgan fingerprint density at radius 1 is 1.27 bits per heavy atom. The van der Waals surface area contributed by atoms with Gasteiger partial charge in [-0.1, -0.05) is 37.5 Å². The summed E-state index contributed by atoms with van der Waals surface area (Å²) < 4.78 is 5.43. The normalized spacial score (nSPS) is 15.6. The van der Waals surface area contributed by atoms with E-state index >= 15 is 0 Å². The first-order valence-electron chi connectivity index (χ1n) is 6.98. The van der Waals surface area contributed by atoms with Gasteiger partial charge in [0.25, 0.3) is 5.91 Å². The van der Waals surface area contributed by atoms with Gasteiger partial charge in [0.15, 0.2) is 5.60 Å². The third kappa shape index (κ3) is 7.45. The van der Waals surface area contributed by atoms with Crippen molar-refractivity contribution in [3.8, 4) is 0 Å². The predicted octanol–water partition coefficient (Wildman–Crippen LogP) is 3.16. The van der Waals surface area contributed by atoms with Crippen LogP contribution in [0, 0.1) is 0 Å². The molecule has 0 aliphatic heterocycles. The van der Waals surface area contributed by atoms with Gasteiger partial charge in [0, 0.05) is 5.70 Å². The second kappa shape index (κ2) is 10.4. The van der Waals surface area contributed by atoms with Gasteiger partial charge in [-0.15, -0.1) is 0 Å². The van der Waals surface area contributed by atoms with E-state index in [1.54, 1.807) is 36.5 Å². The van der Waals surface area contributed by atoms with Gasteiger partial charge in [-0.2, -0.15) is 0 Å². The lowest BCUT2D eigenvalue weighted by Crippen LogP contribution is -2.47. The van der Waals surface area contributed by atoms with E-state index in [1.807, 2.05) is 19.9 Å². The van der Waals surface area contributed by atoms with Crippen LogP contribution in [-0.4, -0.2) is 23.2 Å². The zero-order chi connectivity index (χ0) is 17.0. The number of carbonyl (C=O) groups is 1. The first-order valence-corrected chi connectivity index (χ1v) is 6.98.